The molecule has 138 valence electrons. The Bertz CT molecular complexity index is 440. The zero-order valence-corrected chi connectivity index (χ0v) is 15.4. The lowest BCUT2D eigenvalue weighted by Gasteiger charge is -2.49. The number of nitrogens with zero attached hydrogens (tertiary/aromatic N) is 2. The lowest BCUT2D eigenvalue weighted by atomic mass is 9.80. The smallest absolute Gasteiger partial charge is 0.219 e. The van der Waals surface area contributed by atoms with E-state index in [2.05, 4.69) is 4.90 Å². The monoisotopic (exact) mass is 338 g/mol. The van der Waals surface area contributed by atoms with Gasteiger partial charge in [-0.3, -0.25) is 4.79 Å². The molecule has 1 aliphatic carbocycles. The maximum absolute atomic E-state index is 11.7. The van der Waals surface area contributed by atoms with Crippen LogP contribution in [0.1, 0.15) is 64.7 Å². The maximum Gasteiger partial charge on any atom is 0.219 e. The van der Waals surface area contributed by atoms with Crippen molar-refractivity contribution in [2.75, 3.05) is 33.3 Å². The maximum atomic E-state index is 11.7. The zero-order valence-electron chi connectivity index (χ0n) is 15.4. The number of piperidine rings is 1. The van der Waals surface area contributed by atoms with Crippen molar-refractivity contribution in [3.05, 3.63) is 0 Å². The zero-order chi connectivity index (χ0) is 17.2. The van der Waals surface area contributed by atoms with Crippen molar-refractivity contribution < 1.29 is 14.6 Å². The van der Waals surface area contributed by atoms with Gasteiger partial charge < -0.3 is 19.6 Å². The predicted octanol–water partition coefficient (Wildman–Crippen LogP) is 2.17. The summed E-state index contributed by atoms with van der Waals surface area (Å²) in [6.07, 6.45) is 9.45. The molecule has 1 atom stereocenters. The van der Waals surface area contributed by atoms with E-state index in [1.807, 2.05) is 11.9 Å². The quantitative estimate of drug-likeness (QED) is 0.857. The Balaban J connectivity index is 1.53. The van der Waals surface area contributed by atoms with Gasteiger partial charge in [0.15, 0.2) is 0 Å². The van der Waals surface area contributed by atoms with Gasteiger partial charge in [0, 0.05) is 46.3 Å². The Morgan fingerprint density at radius 1 is 1.21 bits per heavy atom. The van der Waals surface area contributed by atoms with E-state index in [1.165, 1.54) is 6.42 Å². The second-order valence-corrected chi connectivity index (χ2v) is 8.37. The van der Waals surface area contributed by atoms with Crippen LogP contribution in [0.3, 0.4) is 0 Å². The molecule has 3 aliphatic rings. The minimum absolute atomic E-state index is 0.0572. The first-order valence-electron chi connectivity index (χ1n) is 9.74. The number of aliphatic hydroxyl groups is 1. The Hall–Kier alpha value is -0.650. The molecule has 2 heterocycles. The molecular formula is C19H34N2O3. The molecule has 2 aliphatic heterocycles. The highest BCUT2D eigenvalue weighted by molar-refractivity contribution is 5.73. The van der Waals surface area contributed by atoms with Gasteiger partial charge in [-0.25, -0.2) is 0 Å². The number of amides is 1. The van der Waals surface area contributed by atoms with Crippen LogP contribution in [0.25, 0.3) is 0 Å². The molecule has 5 nitrogen and oxygen atoms in total. The van der Waals surface area contributed by atoms with Crippen LogP contribution in [0.4, 0.5) is 0 Å². The lowest BCUT2D eigenvalue weighted by Crippen LogP contribution is -2.55. The summed E-state index contributed by atoms with van der Waals surface area (Å²) < 4.78 is 6.20. The second kappa shape index (κ2) is 7.30. The largest absolute Gasteiger partial charge is 0.389 e. The molecule has 2 saturated heterocycles. The number of β-amino-alcohol motifs (C(OH)–C–C–N with tert-alkyl or cyclic N) is 1. The number of carbonyl (C=O) groups is 1. The summed E-state index contributed by atoms with van der Waals surface area (Å²) in [5.74, 6) is 0.147. The summed E-state index contributed by atoms with van der Waals surface area (Å²) in [4.78, 5) is 16.0. The van der Waals surface area contributed by atoms with Crippen molar-refractivity contribution in [1.82, 2.24) is 9.80 Å². The first-order chi connectivity index (χ1) is 11.4. The van der Waals surface area contributed by atoms with Crippen LogP contribution in [0.15, 0.2) is 0 Å². The van der Waals surface area contributed by atoms with E-state index in [9.17, 15) is 9.90 Å². The molecule has 0 radical (unpaired) electrons. The summed E-state index contributed by atoms with van der Waals surface area (Å²) in [6, 6.07) is 0.310. The molecule has 24 heavy (non-hydrogen) atoms. The number of rotatable bonds is 3. The van der Waals surface area contributed by atoms with Crippen molar-refractivity contribution in [3.8, 4) is 0 Å². The van der Waals surface area contributed by atoms with E-state index in [0.29, 0.717) is 6.04 Å². The number of ether oxygens (including phenoxy) is 1. The van der Waals surface area contributed by atoms with Gasteiger partial charge in [0.1, 0.15) is 0 Å². The van der Waals surface area contributed by atoms with E-state index in [1.54, 1.807) is 6.92 Å². The number of hydrogen-bond acceptors (Lipinski definition) is 4. The Labute approximate surface area is 146 Å². The van der Waals surface area contributed by atoms with E-state index < -0.39 is 5.60 Å². The molecule has 1 N–H and O–H groups in total. The standard InChI is InChI=1S/C19H34N2O3/c1-16(22)20(2)17-6-13-24-19(14-17)9-11-21(12-10-19)15-18(23)7-4-3-5-8-18/h17,23H,3-15H2,1-2H3. The highest BCUT2D eigenvalue weighted by Crippen LogP contribution is 2.37. The fourth-order valence-electron chi connectivity index (χ4n) is 4.84. The molecule has 0 bridgehead atoms. The van der Waals surface area contributed by atoms with Gasteiger partial charge in [-0.1, -0.05) is 19.3 Å². The topological polar surface area (TPSA) is 53.0 Å². The minimum Gasteiger partial charge on any atom is -0.389 e. The molecule has 0 aromatic carbocycles. The normalized spacial score (nSPS) is 30.2. The van der Waals surface area contributed by atoms with Crippen molar-refractivity contribution in [1.29, 1.82) is 0 Å². The molecule has 1 saturated carbocycles. The van der Waals surface area contributed by atoms with Gasteiger partial charge >= 0.3 is 0 Å². The van der Waals surface area contributed by atoms with Gasteiger partial charge in [0.25, 0.3) is 0 Å². The first-order valence-corrected chi connectivity index (χ1v) is 9.74. The Morgan fingerprint density at radius 3 is 2.50 bits per heavy atom. The molecule has 1 spiro atoms. The van der Waals surface area contributed by atoms with Crippen molar-refractivity contribution in [2.24, 2.45) is 0 Å². The van der Waals surface area contributed by atoms with Crippen LogP contribution in [0, 0.1) is 0 Å². The van der Waals surface area contributed by atoms with E-state index in [4.69, 9.17) is 4.74 Å². The van der Waals surface area contributed by atoms with Gasteiger partial charge in [0.05, 0.1) is 11.2 Å². The predicted molar refractivity (Wildman–Crippen MR) is 93.9 cm³/mol. The molecule has 1 amide bonds. The van der Waals surface area contributed by atoms with E-state index >= 15 is 0 Å². The highest BCUT2D eigenvalue weighted by Gasteiger charge is 2.43. The average molecular weight is 338 g/mol. The van der Waals surface area contributed by atoms with Crippen LogP contribution in [0.5, 0.6) is 0 Å². The Morgan fingerprint density at radius 2 is 1.88 bits per heavy atom. The summed E-state index contributed by atoms with van der Waals surface area (Å²) in [7, 11) is 1.92. The van der Waals surface area contributed by atoms with Gasteiger partial charge in [-0.2, -0.15) is 0 Å². The third-order valence-electron chi connectivity index (χ3n) is 6.58. The van der Waals surface area contributed by atoms with Gasteiger partial charge in [0.2, 0.25) is 5.91 Å². The van der Waals surface area contributed by atoms with Crippen LogP contribution < -0.4 is 0 Å². The van der Waals surface area contributed by atoms with E-state index in [0.717, 1.165) is 77.6 Å². The second-order valence-electron chi connectivity index (χ2n) is 8.37. The lowest BCUT2D eigenvalue weighted by molar-refractivity contribution is -0.149. The van der Waals surface area contributed by atoms with Gasteiger partial charge in [-0.15, -0.1) is 0 Å². The molecule has 5 heteroatoms. The molecule has 0 aromatic heterocycles. The molecule has 3 fully saturated rings. The average Bonchev–Trinajstić information content (AvgIpc) is 2.57. The van der Waals surface area contributed by atoms with Crippen LogP contribution in [0.2, 0.25) is 0 Å². The summed E-state index contributed by atoms with van der Waals surface area (Å²) >= 11 is 0. The van der Waals surface area contributed by atoms with Crippen LogP contribution in [-0.4, -0.2) is 71.3 Å². The number of carbonyl (C=O) groups excluding carboxylic acids is 1. The third kappa shape index (κ3) is 4.12. The fourth-order valence-corrected chi connectivity index (χ4v) is 4.84. The van der Waals surface area contributed by atoms with Crippen LogP contribution >= 0.6 is 0 Å². The van der Waals surface area contributed by atoms with Crippen molar-refractivity contribution >= 4 is 5.91 Å². The highest BCUT2D eigenvalue weighted by atomic mass is 16.5. The molecule has 1 unspecified atom stereocenters. The Kier molecular flexibility index (Phi) is 5.52. The SMILES string of the molecule is CC(=O)N(C)C1CCOC2(CCN(CC3(O)CCCCC3)CC2)C1. The summed E-state index contributed by atoms with van der Waals surface area (Å²) in [5, 5.41) is 10.8. The molecular weight excluding hydrogens is 304 g/mol. The van der Waals surface area contributed by atoms with Crippen molar-refractivity contribution in [3.63, 3.8) is 0 Å². The van der Waals surface area contributed by atoms with E-state index in [-0.39, 0.29) is 11.5 Å². The van der Waals surface area contributed by atoms with Crippen molar-refractivity contribution in [2.45, 2.75) is 82.0 Å². The molecule has 3 rings (SSSR count). The number of hydrogen-bond donors (Lipinski definition) is 1. The molecule has 0 aromatic rings. The minimum atomic E-state index is -0.465. The first kappa shape index (κ1) is 18.2. The van der Waals surface area contributed by atoms with Gasteiger partial charge in [-0.05, 0) is 38.5 Å². The van der Waals surface area contributed by atoms with Crippen LogP contribution in [-0.2, 0) is 9.53 Å². The fraction of sp³-hybridized carbons (Fsp3) is 0.947. The summed E-state index contributed by atoms with van der Waals surface area (Å²) in [6.45, 7) is 5.22. The number of likely N-dealkylation sites (tertiary alicyclic amines) is 1. The summed E-state index contributed by atoms with van der Waals surface area (Å²) in [5.41, 5.74) is -0.522. The third-order valence-corrected chi connectivity index (χ3v) is 6.58.